The molecule has 0 bridgehead atoms. The quantitative estimate of drug-likeness (QED) is 0.449. The van der Waals surface area contributed by atoms with Crippen molar-refractivity contribution in [3.05, 3.63) is 64.0 Å². The van der Waals surface area contributed by atoms with E-state index in [1.165, 1.54) is 36.4 Å². The van der Waals surface area contributed by atoms with Gasteiger partial charge in [0.15, 0.2) is 0 Å². The fourth-order valence-electron chi connectivity index (χ4n) is 3.04. The number of hydrogen-bond acceptors (Lipinski definition) is 6. The van der Waals surface area contributed by atoms with Gasteiger partial charge in [-0.25, -0.2) is 4.39 Å². The number of para-hydroxylation sites is 1. The number of non-ortho nitro benzene ring substituents is 1. The number of benzene rings is 2. The highest BCUT2D eigenvalue weighted by atomic mass is 19.1. The topological polar surface area (TPSA) is 123 Å². The van der Waals surface area contributed by atoms with Crippen molar-refractivity contribution in [2.24, 2.45) is 0 Å². The van der Waals surface area contributed by atoms with Crippen LogP contribution in [0, 0.1) is 15.9 Å². The van der Waals surface area contributed by atoms with E-state index in [9.17, 15) is 24.1 Å². The van der Waals surface area contributed by atoms with Crippen molar-refractivity contribution < 1.29 is 23.6 Å². The molecule has 3 rings (SSSR count). The average Bonchev–Trinajstić information content (AvgIpc) is 3.23. The second-order valence-corrected chi connectivity index (χ2v) is 6.74. The molecule has 2 aromatic carbocycles. The van der Waals surface area contributed by atoms with Gasteiger partial charge in [-0.05, 0) is 31.0 Å². The molecule has 1 fully saturated rings. The van der Waals surface area contributed by atoms with Crippen LogP contribution in [-0.2, 0) is 9.53 Å². The second-order valence-electron chi connectivity index (χ2n) is 6.74. The molecule has 0 aromatic heterocycles. The number of halogens is 1. The average molecular weight is 416 g/mol. The number of carbonyl (C=O) groups is 2. The number of nitro benzene ring substituents is 1. The molecule has 30 heavy (non-hydrogen) atoms. The fourth-order valence-corrected chi connectivity index (χ4v) is 3.04. The summed E-state index contributed by atoms with van der Waals surface area (Å²) in [6.07, 6.45) is 1.98. The minimum atomic E-state index is -0.786. The molecule has 10 heteroatoms. The van der Waals surface area contributed by atoms with Gasteiger partial charge in [0.2, 0.25) is 5.91 Å². The molecule has 0 aliphatic carbocycles. The smallest absolute Gasteiger partial charge is 0.270 e. The van der Waals surface area contributed by atoms with Gasteiger partial charge in [0.1, 0.15) is 5.82 Å². The number of ether oxygens (including phenoxy) is 1. The highest BCUT2D eigenvalue weighted by molar-refractivity contribution is 6.10. The molecule has 2 aromatic rings. The summed E-state index contributed by atoms with van der Waals surface area (Å²) in [6, 6.07) is 9.01. The lowest BCUT2D eigenvalue weighted by Crippen LogP contribution is -2.34. The molecule has 0 saturated carbocycles. The van der Waals surface area contributed by atoms with Crippen LogP contribution in [0.25, 0.3) is 0 Å². The third-order valence-electron chi connectivity index (χ3n) is 4.54. The molecule has 1 saturated heterocycles. The fraction of sp³-hybridized carbons (Fsp3) is 0.300. The SMILES string of the molecule is O=C(CNC[C@@H]1CCCO1)Nc1ccc([N+](=O)[O-])cc1C(=O)Nc1ccccc1F. The number of rotatable bonds is 8. The van der Waals surface area contributed by atoms with Gasteiger partial charge >= 0.3 is 0 Å². The Labute approximate surface area is 171 Å². The van der Waals surface area contributed by atoms with Gasteiger partial charge in [-0.2, -0.15) is 0 Å². The van der Waals surface area contributed by atoms with Crippen molar-refractivity contribution in [2.75, 3.05) is 30.3 Å². The first-order valence-electron chi connectivity index (χ1n) is 9.40. The molecule has 1 heterocycles. The van der Waals surface area contributed by atoms with E-state index in [1.807, 2.05) is 0 Å². The first kappa shape index (κ1) is 21.3. The van der Waals surface area contributed by atoms with Crippen molar-refractivity contribution in [2.45, 2.75) is 18.9 Å². The van der Waals surface area contributed by atoms with Gasteiger partial charge in [0.05, 0.1) is 34.5 Å². The standard InChI is InChI=1S/C20H21FN4O5/c21-16-5-1-2-6-18(16)24-20(27)15-10-13(25(28)29)7-8-17(15)23-19(26)12-22-11-14-4-3-9-30-14/h1-2,5-8,10,14,22H,3-4,9,11-12H2,(H,23,26)(H,24,27)/t14-/m0/s1. The van der Waals surface area contributed by atoms with Gasteiger partial charge in [0.25, 0.3) is 11.6 Å². The van der Waals surface area contributed by atoms with Crippen LogP contribution in [0.5, 0.6) is 0 Å². The lowest BCUT2D eigenvalue weighted by Gasteiger charge is -2.13. The lowest BCUT2D eigenvalue weighted by molar-refractivity contribution is -0.384. The maximum absolute atomic E-state index is 13.8. The molecule has 1 aliphatic rings. The molecule has 158 valence electrons. The number of nitrogens with one attached hydrogen (secondary N) is 3. The first-order chi connectivity index (χ1) is 14.4. The summed E-state index contributed by atoms with van der Waals surface area (Å²) >= 11 is 0. The van der Waals surface area contributed by atoms with Crippen LogP contribution < -0.4 is 16.0 Å². The van der Waals surface area contributed by atoms with Crippen molar-refractivity contribution in [3.8, 4) is 0 Å². The third-order valence-corrected chi connectivity index (χ3v) is 4.54. The molecular weight excluding hydrogens is 395 g/mol. The van der Waals surface area contributed by atoms with Gasteiger partial charge in [0, 0.05) is 25.3 Å². The van der Waals surface area contributed by atoms with E-state index < -0.39 is 22.6 Å². The van der Waals surface area contributed by atoms with Crippen LogP contribution in [0.3, 0.4) is 0 Å². The Morgan fingerprint density at radius 3 is 2.67 bits per heavy atom. The molecule has 1 aliphatic heterocycles. The highest BCUT2D eigenvalue weighted by Crippen LogP contribution is 2.24. The van der Waals surface area contributed by atoms with E-state index in [-0.39, 0.29) is 35.3 Å². The number of nitrogens with zero attached hydrogens (tertiary/aromatic N) is 1. The Hall–Kier alpha value is -3.37. The largest absolute Gasteiger partial charge is 0.377 e. The van der Waals surface area contributed by atoms with Crippen LogP contribution in [-0.4, -0.2) is 42.5 Å². The number of amides is 2. The second kappa shape index (κ2) is 9.90. The van der Waals surface area contributed by atoms with Gasteiger partial charge in [-0.1, -0.05) is 12.1 Å². The zero-order chi connectivity index (χ0) is 21.5. The maximum Gasteiger partial charge on any atom is 0.270 e. The lowest BCUT2D eigenvalue weighted by atomic mass is 10.1. The van der Waals surface area contributed by atoms with Crippen LogP contribution >= 0.6 is 0 Å². The number of nitro groups is 1. The monoisotopic (exact) mass is 416 g/mol. The summed E-state index contributed by atoms with van der Waals surface area (Å²) in [5, 5.41) is 19.0. The summed E-state index contributed by atoms with van der Waals surface area (Å²) in [4.78, 5) is 35.3. The van der Waals surface area contributed by atoms with E-state index in [2.05, 4.69) is 16.0 Å². The number of anilines is 2. The molecule has 0 spiro atoms. The molecule has 0 radical (unpaired) electrons. The van der Waals surface area contributed by atoms with Crippen molar-refractivity contribution in [1.29, 1.82) is 0 Å². The predicted octanol–water partition coefficient (Wildman–Crippen LogP) is 2.69. The summed E-state index contributed by atoms with van der Waals surface area (Å²) in [5.74, 6) is -1.87. The Balaban J connectivity index is 1.71. The maximum atomic E-state index is 13.8. The van der Waals surface area contributed by atoms with Crippen LogP contribution in [0.1, 0.15) is 23.2 Å². The zero-order valence-electron chi connectivity index (χ0n) is 16.0. The summed E-state index contributed by atoms with van der Waals surface area (Å²) in [6.45, 7) is 1.21. The zero-order valence-corrected chi connectivity index (χ0v) is 16.0. The Morgan fingerprint density at radius 2 is 1.97 bits per heavy atom. The van der Waals surface area contributed by atoms with Crippen LogP contribution in [0.15, 0.2) is 42.5 Å². The minimum Gasteiger partial charge on any atom is -0.377 e. The van der Waals surface area contributed by atoms with Gasteiger partial charge < -0.3 is 20.7 Å². The molecule has 0 unspecified atom stereocenters. The normalized spacial score (nSPS) is 15.6. The molecule has 1 atom stereocenters. The van der Waals surface area contributed by atoms with Crippen LogP contribution in [0.4, 0.5) is 21.5 Å². The summed E-state index contributed by atoms with van der Waals surface area (Å²) in [5.41, 5.74) is -0.481. The molecule has 9 nitrogen and oxygen atoms in total. The van der Waals surface area contributed by atoms with E-state index in [0.717, 1.165) is 18.9 Å². The van der Waals surface area contributed by atoms with Gasteiger partial charge in [-0.3, -0.25) is 19.7 Å². The minimum absolute atomic E-state index is 0.0226. The Morgan fingerprint density at radius 1 is 1.17 bits per heavy atom. The number of carbonyl (C=O) groups excluding carboxylic acids is 2. The first-order valence-corrected chi connectivity index (χ1v) is 9.40. The third kappa shape index (κ3) is 5.58. The van der Waals surface area contributed by atoms with E-state index >= 15 is 0 Å². The van der Waals surface area contributed by atoms with Crippen molar-refractivity contribution in [3.63, 3.8) is 0 Å². The summed E-state index contributed by atoms with van der Waals surface area (Å²) < 4.78 is 19.3. The predicted molar refractivity (Wildman–Crippen MR) is 108 cm³/mol. The van der Waals surface area contributed by atoms with Gasteiger partial charge in [-0.15, -0.1) is 0 Å². The van der Waals surface area contributed by atoms with E-state index in [0.29, 0.717) is 13.2 Å². The molecule has 2 amide bonds. The van der Waals surface area contributed by atoms with E-state index in [4.69, 9.17) is 4.74 Å². The highest BCUT2D eigenvalue weighted by Gasteiger charge is 2.20. The van der Waals surface area contributed by atoms with Crippen LogP contribution in [0.2, 0.25) is 0 Å². The number of hydrogen-bond donors (Lipinski definition) is 3. The Bertz CT molecular complexity index is 947. The summed E-state index contributed by atoms with van der Waals surface area (Å²) in [7, 11) is 0. The Kier molecular flexibility index (Phi) is 7.04. The van der Waals surface area contributed by atoms with E-state index in [1.54, 1.807) is 0 Å². The van der Waals surface area contributed by atoms with Crippen molar-refractivity contribution >= 4 is 28.9 Å². The molecule has 3 N–H and O–H groups in total. The van der Waals surface area contributed by atoms with Crippen molar-refractivity contribution in [1.82, 2.24) is 5.32 Å². The molecular formula is C20H21FN4O5.